The molecule has 31 heavy (non-hydrogen) atoms. The highest BCUT2D eigenvalue weighted by Gasteiger charge is 2.51. The molecule has 7 nitrogen and oxygen atoms in total. The van der Waals surface area contributed by atoms with Gasteiger partial charge in [0.15, 0.2) is 6.61 Å². The average Bonchev–Trinajstić information content (AvgIpc) is 2.97. The lowest BCUT2D eigenvalue weighted by molar-refractivity contribution is -0.160. The maximum absolute atomic E-state index is 12.9. The SMILES string of the molecule is Cc1ccc(NC(=O)COC(=O)[C@H](CC(C)C)N2C(=O)[C@H]3CC=CC[C@@H]3C2=O)c(C)c1. The lowest BCUT2D eigenvalue weighted by atomic mass is 9.85. The van der Waals surface area contributed by atoms with Crippen LogP contribution in [0.15, 0.2) is 30.4 Å². The Balaban J connectivity index is 1.67. The summed E-state index contributed by atoms with van der Waals surface area (Å²) in [5.74, 6) is -2.59. The standard InChI is InChI=1S/C24H30N2O5/c1-14(2)11-20(26-22(28)17-7-5-6-8-18(17)23(26)29)24(30)31-13-21(27)25-19-10-9-15(3)12-16(19)4/h5-6,9-10,12,14,17-18,20H,7-8,11,13H2,1-4H3,(H,25,27)/t17-,18-,20-/m0/s1. The number of carbonyl (C=O) groups excluding carboxylic acids is 4. The first-order valence-corrected chi connectivity index (χ1v) is 10.7. The van der Waals surface area contributed by atoms with Crippen LogP contribution < -0.4 is 5.32 Å². The zero-order valence-electron chi connectivity index (χ0n) is 18.5. The Hall–Kier alpha value is -2.96. The van der Waals surface area contributed by atoms with Gasteiger partial charge in [0.05, 0.1) is 11.8 Å². The molecule has 0 saturated carbocycles. The first-order valence-electron chi connectivity index (χ1n) is 10.7. The Labute approximate surface area is 182 Å². The van der Waals surface area contributed by atoms with Crippen molar-refractivity contribution in [2.75, 3.05) is 11.9 Å². The number of rotatable bonds is 7. The zero-order valence-corrected chi connectivity index (χ0v) is 18.5. The largest absolute Gasteiger partial charge is 0.454 e. The molecule has 1 fully saturated rings. The molecule has 1 aromatic carbocycles. The molecule has 3 rings (SSSR count). The number of fused-ring (bicyclic) bond motifs is 1. The van der Waals surface area contributed by atoms with Gasteiger partial charge in [-0.25, -0.2) is 4.79 Å². The number of esters is 1. The Bertz CT molecular complexity index is 895. The summed E-state index contributed by atoms with van der Waals surface area (Å²) in [5.41, 5.74) is 2.63. The fourth-order valence-corrected chi connectivity index (χ4v) is 4.26. The van der Waals surface area contributed by atoms with Crippen LogP contribution in [0.4, 0.5) is 5.69 Å². The van der Waals surface area contributed by atoms with Crippen LogP contribution in [0.5, 0.6) is 0 Å². The number of carbonyl (C=O) groups is 4. The minimum atomic E-state index is -1.01. The number of hydrogen-bond acceptors (Lipinski definition) is 5. The van der Waals surface area contributed by atoms with E-state index in [4.69, 9.17) is 4.74 Å². The second-order valence-corrected chi connectivity index (χ2v) is 8.82. The maximum atomic E-state index is 12.9. The highest BCUT2D eigenvalue weighted by Crippen LogP contribution is 2.37. The first-order chi connectivity index (χ1) is 14.7. The fourth-order valence-electron chi connectivity index (χ4n) is 4.26. The predicted molar refractivity (Wildman–Crippen MR) is 116 cm³/mol. The number of hydrogen-bond donors (Lipinski definition) is 1. The van der Waals surface area contributed by atoms with E-state index >= 15 is 0 Å². The molecule has 0 aromatic heterocycles. The topological polar surface area (TPSA) is 92.8 Å². The fraction of sp³-hybridized carbons (Fsp3) is 0.500. The first kappa shape index (κ1) is 22.7. The van der Waals surface area contributed by atoms with Gasteiger partial charge in [-0.1, -0.05) is 43.7 Å². The number of nitrogens with one attached hydrogen (secondary N) is 1. The van der Waals surface area contributed by atoms with Gasteiger partial charge in [-0.15, -0.1) is 0 Å². The van der Waals surface area contributed by atoms with Gasteiger partial charge in [0.1, 0.15) is 6.04 Å². The van der Waals surface area contributed by atoms with Crippen LogP contribution in [0.2, 0.25) is 0 Å². The van der Waals surface area contributed by atoms with Crippen LogP contribution in [0.1, 0.15) is 44.2 Å². The van der Waals surface area contributed by atoms with Crippen molar-refractivity contribution in [2.45, 2.75) is 53.0 Å². The van der Waals surface area contributed by atoms with E-state index in [1.807, 2.05) is 52.0 Å². The van der Waals surface area contributed by atoms with E-state index in [-0.39, 0.29) is 17.7 Å². The van der Waals surface area contributed by atoms with Crippen molar-refractivity contribution < 1.29 is 23.9 Å². The molecule has 1 heterocycles. The van der Waals surface area contributed by atoms with E-state index in [2.05, 4.69) is 5.32 Å². The third kappa shape index (κ3) is 5.03. The van der Waals surface area contributed by atoms with Gasteiger partial charge < -0.3 is 10.1 Å². The van der Waals surface area contributed by atoms with Crippen molar-refractivity contribution in [1.29, 1.82) is 0 Å². The Morgan fingerprint density at radius 1 is 1.10 bits per heavy atom. The van der Waals surface area contributed by atoms with Gasteiger partial charge >= 0.3 is 5.97 Å². The molecule has 1 aliphatic carbocycles. The third-order valence-corrected chi connectivity index (χ3v) is 5.82. The molecule has 166 valence electrons. The summed E-state index contributed by atoms with van der Waals surface area (Å²) in [6.07, 6.45) is 5.12. The van der Waals surface area contributed by atoms with Gasteiger partial charge in [-0.3, -0.25) is 19.3 Å². The van der Waals surface area contributed by atoms with Crippen molar-refractivity contribution >= 4 is 29.4 Å². The number of nitrogens with zero attached hydrogens (tertiary/aromatic N) is 1. The number of likely N-dealkylation sites (tertiary alicyclic amines) is 1. The van der Waals surface area contributed by atoms with Crippen molar-refractivity contribution in [2.24, 2.45) is 17.8 Å². The van der Waals surface area contributed by atoms with Crippen LogP contribution in [0, 0.1) is 31.6 Å². The van der Waals surface area contributed by atoms with Crippen LogP contribution in [-0.2, 0) is 23.9 Å². The normalized spacial score (nSPS) is 21.3. The van der Waals surface area contributed by atoms with Crippen LogP contribution >= 0.6 is 0 Å². The van der Waals surface area contributed by atoms with Crippen molar-refractivity contribution in [1.82, 2.24) is 4.90 Å². The monoisotopic (exact) mass is 426 g/mol. The summed E-state index contributed by atoms with van der Waals surface area (Å²) >= 11 is 0. The summed E-state index contributed by atoms with van der Waals surface area (Å²) in [4.78, 5) is 52.1. The number of amides is 3. The molecule has 3 amide bonds. The van der Waals surface area contributed by atoms with Gasteiger partial charge in [0.25, 0.3) is 5.91 Å². The minimum Gasteiger partial charge on any atom is -0.454 e. The summed E-state index contributed by atoms with van der Waals surface area (Å²) in [6.45, 7) is 7.18. The number of aryl methyl sites for hydroxylation is 2. The molecule has 7 heteroatoms. The number of anilines is 1. The van der Waals surface area contributed by atoms with Crippen molar-refractivity contribution in [3.8, 4) is 0 Å². The molecule has 2 aliphatic rings. The average molecular weight is 427 g/mol. The Morgan fingerprint density at radius 2 is 1.71 bits per heavy atom. The molecular weight excluding hydrogens is 396 g/mol. The molecule has 3 atom stereocenters. The highest BCUT2D eigenvalue weighted by atomic mass is 16.5. The smallest absolute Gasteiger partial charge is 0.329 e. The summed E-state index contributed by atoms with van der Waals surface area (Å²) in [5, 5.41) is 2.73. The number of benzene rings is 1. The quantitative estimate of drug-likeness (QED) is 0.411. The van der Waals surface area contributed by atoms with Crippen LogP contribution in [0.25, 0.3) is 0 Å². The molecule has 1 saturated heterocycles. The summed E-state index contributed by atoms with van der Waals surface area (Å²) in [6, 6.07) is 4.61. The van der Waals surface area contributed by atoms with Crippen LogP contribution in [0.3, 0.4) is 0 Å². The predicted octanol–water partition coefficient (Wildman–Crippen LogP) is 3.15. The van der Waals surface area contributed by atoms with E-state index in [0.29, 0.717) is 24.9 Å². The molecule has 0 unspecified atom stereocenters. The van der Waals surface area contributed by atoms with Crippen molar-refractivity contribution in [3.05, 3.63) is 41.5 Å². The molecule has 1 aromatic rings. The second kappa shape index (κ2) is 9.45. The lowest BCUT2D eigenvalue weighted by Gasteiger charge is -2.26. The Morgan fingerprint density at radius 3 is 2.26 bits per heavy atom. The Kier molecular flexibility index (Phi) is 6.93. The molecular formula is C24H30N2O5. The van der Waals surface area contributed by atoms with Gasteiger partial charge in [-0.05, 0) is 50.7 Å². The van der Waals surface area contributed by atoms with Crippen LogP contribution in [-0.4, -0.2) is 41.2 Å². The second-order valence-electron chi connectivity index (χ2n) is 8.82. The van der Waals surface area contributed by atoms with Gasteiger partial charge in [0, 0.05) is 5.69 Å². The van der Waals surface area contributed by atoms with Crippen molar-refractivity contribution in [3.63, 3.8) is 0 Å². The number of ether oxygens (including phenoxy) is 1. The number of allylic oxidation sites excluding steroid dienone is 2. The van der Waals surface area contributed by atoms with E-state index in [9.17, 15) is 19.2 Å². The van der Waals surface area contributed by atoms with E-state index in [1.54, 1.807) is 6.07 Å². The molecule has 1 aliphatic heterocycles. The number of imide groups is 1. The lowest BCUT2D eigenvalue weighted by Crippen LogP contribution is -2.47. The third-order valence-electron chi connectivity index (χ3n) is 5.82. The van der Waals surface area contributed by atoms with E-state index in [0.717, 1.165) is 16.0 Å². The maximum Gasteiger partial charge on any atom is 0.329 e. The van der Waals surface area contributed by atoms with E-state index < -0.39 is 36.4 Å². The molecule has 0 bridgehead atoms. The summed E-state index contributed by atoms with van der Waals surface area (Å²) in [7, 11) is 0. The minimum absolute atomic E-state index is 0.0583. The zero-order chi connectivity index (χ0) is 22.7. The molecule has 0 spiro atoms. The summed E-state index contributed by atoms with van der Waals surface area (Å²) < 4.78 is 5.25. The highest BCUT2D eigenvalue weighted by molar-refractivity contribution is 6.08. The van der Waals surface area contributed by atoms with Gasteiger partial charge in [0.2, 0.25) is 11.8 Å². The van der Waals surface area contributed by atoms with E-state index in [1.165, 1.54) is 0 Å². The molecule has 1 N–H and O–H groups in total. The van der Waals surface area contributed by atoms with Gasteiger partial charge in [-0.2, -0.15) is 0 Å². The molecule has 0 radical (unpaired) electrons.